The standard InChI is InChI=1S/C23H28N4S/c1-4-27(5-2)17-16-24-23-20-8-6-7-9-21(20)25-22(26-23)15-12-18-10-13-19(28-3)14-11-18/h6-15H,4-5,16-17H2,1-3H3,(H,24,25,26). The van der Waals surface area contributed by atoms with Gasteiger partial charge in [-0.05, 0) is 55.3 Å². The van der Waals surface area contributed by atoms with Crippen LogP contribution in [-0.4, -0.2) is 47.3 Å². The lowest BCUT2D eigenvalue weighted by atomic mass is 10.2. The van der Waals surface area contributed by atoms with Crippen LogP contribution < -0.4 is 5.32 Å². The Kier molecular flexibility index (Phi) is 7.46. The van der Waals surface area contributed by atoms with Crippen LogP contribution >= 0.6 is 11.8 Å². The average molecular weight is 393 g/mol. The van der Waals surface area contributed by atoms with Gasteiger partial charge in [0.15, 0.2) is 5.82 Å². The molecular formula is C23H28N4S. The van der Waals surface area contributed by atoms with E-state index in [1.807, 2.05) is 24.3 Å². The lowest BCUT2D eigenvalue weighted by Gasteiger charge is -2.18. The van der Waals surface area contributed by atoms with E-state index in [-0.39, 0.29) is 0 Å². The highest BCUT2D eigenvalue weighted by atomic mass is 32.2. The van der Waals surface area contributed by atoms with Crippen molar-refractivity contribution in [2.45, 2.75) is 18.7 Å². The molecule has 5 heteroatoms. The lowest BCUT2D eigenvalue weighted by Crippen LogP contribution is -2.28. The van der Waals surface area contributed by atoms with Gasteiger partial charge in [-0.25, -0.2) is 9.97 Å². The molecule has 0 aliphatic rings. The fourth-order valence-electron chi connectivity index (χ4n) is 3.06. The Bertz CT molecular complexity index is 918. The fraction of sp³-hybridized carbons (Fsp3) is 0.304. The maximum atomic E-state index is 4.77. The van der Waals surface area contributed by atoms with Gasteiger partial charge < -0.3 is 10.2 Å². The summed E-state index contributed by atoms with van der Waals surface area (Å²) in [5.74, 6) is 1.62. The van der Waals surface area contributed by atoms with Crippen molar-refractivity contribution in [3.05, 3.63) is 59.9 Å². The number of thioether (sulfide) groups is 1. The monoisotopic (exact) mass is 392 g/mol. The predicted octanol–water partition coefficient (Wildman–Crippen LogP) is 5.28. The molecule has 0 atom stereocenters. The molecule has 28 heavy (non-hydrogen) atoms. The Hall–Kier alpha value is -2.37. The third-order valence-electron chi connectivity index (χ3n) is 4.78. The van der Waals surface area contributed by atoms with Crippen molar-refractivity contribution in [3.8, 4) is 0 Å². The predicted molar refractivity (Wildman–Crippen MR) is 123 cm³/mol. The summed E-state index contributed by atoms with van der Waals surface area (Å²) in [5.41, 5.74) is 2.10. The van der Waals surface area contributed by atoms with Crippen LogP contribution in [0.15, 0.2) is 53.4 Å². The van der Waals surface area contributed by atoms with Crippen molar-refractivity contribution in [1.29, 1.82) is 0 Å². The molecule has 2 aromatic carbocycles. The van der Waals surface area contributed by atoms with Crippen molar-refractivity contribution in [3.63, 3.8) is 0 Å². The van der Waals surface area contributed by atoms with Crippen molar-refractivity contribution in [2.75, 3.05) is 37.8 Å². The number of para-hydroxylation sites is 1. The number of hydrogen-bond donors (Lipinski definition) is 1. The quantitative estimate of drug-likeness (QED) is 0.502. The van der Waals surface area contributed by atoms with Gasteiger partial charge in [0.2, 0.25) is 0 Å². The summed E-state index contributed by atoms with van der Waals surface area (Å²) in [5, 5.41) is 4.57. The van der Waals surface area contributed by atoms with Crippen LogP contribution in [0.4, 0.5) is 5.82 Å². The van der Waals surface area contributed by atoms with E-state index in [1.54, 1.807) is 11.8 Å². The SMILES string of the molecule is CCN(CC)CCNc1nc(C=Cc2ccc(SC)cc2)nc2ccccc12. The van der Waals surface area contributed by atoms with Gasteiger partial charge in [-0.3, -0.25) is 0 Å². The molecule has 0 amide bonds. The molecule has 3 aromatic rings. The second-order valence-electron chi connectivity index (χ2n) is 6.51. The van der Waals surface area contributed by atoms with Gasteiger partial charge in [0.05, 0.1) is 5.52 Å². The van der Waals surface area contributed by atoms with Gasteiger partial charge in [0.1, 0.15) is 5.82 Å². The van der Waals surface area contributed by atoms with E-state index >= 15 is 0 Å². The van der Waals surface area contributed by atoms with Gasteiger partial charge >= 0.3 is 0 Å². The number of anilines is 1. The highest BCUT2D eigenvalue weighted by Crippen LogP contribution is 2.21. The Labute approximate surface area is 172 Å². The number of hydrogen-bond acceptors (Lipinski definition) is 5. The maximum Gasteiger partial charge on any atom is 0.154 e. The summed E-state index contributed by atoms with van der Waals surface area (Å²) >= 11 is 1.75. The molecule has 0 bridgehead atoms. The van der Waals surface area contributed by atoms with Crippen LogP contribution in [-0.2, 0) is 0 Å². The van der Waals surface area contributed by atoms with Crippen molar-refractivity contribution in [1.82, 2.24) is 14.9 Å². The van der Waals surface area contributed by atoms with Crippen LogP contribution in [0.2, 0.25) is 0 Å². The normalized spacial score (nSPS) is 11.6. The first kappa shape index (κ1) is 20.4. The van der Waals surface area contributed by atoms with Crippen LogP contribution in [0, 0.1) is 0 Å². The largest absolute Gasteiger partial charge is 0.368 e. The van der Waals surface area contributed by atoms with Crippen LogP contribution in [0.1, 0.15) is 25.2 Å². The van der Waals surface area contributed by atoms with Crippen molar-refractivity contribution in [2.24, 2.45) is 0 Å². The number of rotatable bonds is 9. The molecule has 0 aliphatic carbocycles. The Balaban J connectivity index is 1.81. The van der Waals surface area contributed by atoms with Gasteiger partial charge in [-0.15, -0.1) is 11.8 Å². The third kappa shape index (κ3) is 5.33. The molecule has 0 spiro atoms. The van der Waals surface area contributed by atoms with Gasteiger partial charge in [0, 0.05) is 23.4 Å². The summed E-state index contributed by atoms with van der Waals surface area (Å²) < 4.78 is 0. The van der Waals surface area contributed by atoms with Crippen LogP contribution in [0.25, 0.3) is 23.1 Å². The van der Waals surface area contributed by atoms with Crippen LogP contribution in [0.3, 0.4) is 0 Å². The second-order valence-corrected chi connectivity index (χ2v) is 7.39. The van der Waals surface area contributed by atoms with Crippen LogP contribution in [0.5, 0.6) is 0 Å². The number of benzene rings is 2. The Morgan fingerprint density at radius 2 is 1.71 bits per heavy atom. The molecule has 4 nitrogen and oxygen atoms in total. The molecule has 0 saturated carbocycles. The molecule has 0 unspecified atom stereocenters. The molecule has 1 heterocycles. The first-order chi connectivity index (χ1) is 13.7. The number of aromatic nitrogens is 2. The van der Waals surface area contributed by atoms with E-state index in [1.165, 1.54) is 4.90 Å². The highest BCUT2D eigenvalue weighted by molar-refractivity contribution is 7.98. The van der Waals surface area contributed by atoms with Gasteiger partial charge in [-0.1, -0.05) is 44.2 Å². The van der Waals surface area contributed by atoms with Crippen molar-refractivity contribution >= 4 is 40.6 Å². The molecule has 0 aliphatic heterocycles. The zero-order valence-electron chi connectivity index (χ0n) is 16.9. The highest BCUT2D eigenvalue weighted by Gasteiger charge is 2.06. The molecule has 146 valence electrons. The molecular weight excluding hydrogens is 364 g/mol. The smallest absolute Gasteiger partial charge is 0.154 e. The first-order valence-corrected chi connectivity index (χ1v) is 11.0. The van der Waals surface area contributed by atoms with Gasteiger partial charge in [0.25, 0.3) is 0 Å². The second kappa shape index (κ2) is 10.2. The van der Waals surface area contributed by atoms with E-state index < -0.39 is 0 Å². The minimum Gasteiger partial charge on any atom is -0.368 e. The molecule has 0 saturated heterocycles. The van der Waals surface area contributed by atoms with Crippen molar-refractivity contribution < 1.29 is 0 Å². The maximum absolute atomic E-state index is 4.77. The summed E-state index contributed by atoms with van der Waals surface area (Å²) in [7, 11) is 0. The fourth-order valence-corrected chi connectivity index (χ4v) is 3.47. The summed E-state index contributed by atoms with van der Waals surface area (Å²) in [6.07, 6.45) is 6.13. The lowest BCUT2D eigenvalue weighted by molar-refractivity contribution is 0.316. The average Bonchev–Trinajstić information content (AvgIpc) is 2.75. The number of nitrogens with one attached hydrogen (secondary N) is 1. The van der Waals surface area contributed by atoms with E-state index in [9.17, 15) is 0 Å². The molecule has 0 radical (unpaired) electrons. The summed E-state index contributed by atoms with van der Waals surface area (Å²) in [6.45, 7) is 8.37. The Morgan fingerprint density at radius 3 is 2.43 bits per heavy atom. The minimum absolute atomic E-state index is 0.720. The molecule has 1 aromatic heterocycles. The zero-order chi connectivity index (χ0) is 19.8. The summed E-state index contributed by atoms with van der Waals surface area (Å²) in [4.78, 5) is 13.1. The summed E-state index contributed by atoms with van der Waals surface area (Å²) in [6, 6.07) is 16.7. The zero-order valence-corrected chi connectivity index (χ0v) is 17.7. The Morgan fingerprint density at radius 1 is 0.964 bits per heavy atom. The van der Waals surface area contributed by atoms with Gasteiger partial charge in [-0.2, -0.15) is 0 Å². The molecule has 3 rings (SSSR count). The van der Waals surface area contributed by atoms with E-state index in [2.05, 4.69) is 66.7 Å². The van der Waals surface area contributed by atoms with E-state index in [0.29, 0.717) is 0 Å². The first-order valence-electron chi connectivity index (χ1n) is 9.78. The van der Waals surface area contributed by atoms with E-state index in [0.717, 1.165) is 54.3 Å². The number of fused-ring (bicyclic) bond motifs is 1. The number of likely N-dealkylation sites (N-methyl/N-ethyl adjacent to an activating group) is 1. The topological polar surface area (TPSA) is 41.0 Å². The van der Waals surface area contributed by atoms with E-state index in [4.69, 9.17) is 9.97 Å². The third-order valence-corrected chi connectivity index (χ3v) is 5.52. The minimum atomic E-state index is 0.720. The molecule has 1 N–H and O–H groups in total. The molecule has 0 fully saturated rings. The number of nitrogens with zero attached hydrogens (tertiary/aromatic N) is 3.